The number of fused-ring (bicyclic) bond motifs is 1. The summed E-state index contributed by atoms with van der Waals surface area (Å²) in [5.41, 5.74) is 2.48. The van der Waals surface area contributed by atoms with Crippen LogP contribution in [-0.2, 0) is 29.5 Å². The summed E-state index contributed by atoms with van der Waals surface area (Å²) in [6.07, 6.45) is 2.28. The Hall–Kier alpha value is -2.97. The van der Waals surface area contributed by atoms with E-state index in [9.17, 15) is 13.2 Å². The minimum atomic E-state index is -3.70. The van der Waals surface area contributed by atoms with Crippen molar-refractivity contribution in [3.8, 4) is 0 Å². The van der Waals surface area contributed by atoms with Gasteiger partial charge in [0.05, 0.1) is 11.1 Å². The van der Waals surface area contributed by atoms with E-state index in [2.05, 4.69) is 10.4 Å². The summed E-state index contributed by atoms with van der Waals surface area (Å²) >= 11 is 0. The molecule has 0 spiro atoms. The van der Waals surface area contributed by atoms with Gasteiger partial charge >= 0.3 is 0 Å². The van der Waals surface area contributed by atoms with Crippen LogP contribution >= 0.6 is 0 Å². The molecule has 1 aliphatic heterocycles. The highest BCUT2D eigenvalue weighted by atomic mass is 32.2. The van der Waals surface area contributed by atoms with E-state index in [1.807, 2.05) is 31.2 Å². The molecule has 7 nitrogen and oxygen atoms in total. The Labute approximate surface area is 170 Å². The van der Waals surface area contributed by atoms with Gasteiger partial charge in [0.25, 0.3) is 5.91 Å². The number of carbonyl (C=O) groups excluding carboxylic acids is 1. The van der Waals surface area contributed by atoms with Gasteiger partial charge in [0.2, 0.25) is 10.0 Å². The summed E-state index contributed by atoms with van der Waals surface area (Å²) in [7, 11) is -3.70. The van der Waals surface area contributed by atoms with Crippen LogP contribution in [0.5, 0.6) is 0 Å². The largest absolute Gasteiger partial charge is 0.307 e. The zero-order valence-electron chi connectivity index (χ0n) is 16.1. The van der Waals surface area contributed by atoms with E-state index in [0.29, 0.717) is 31.9 Å². The van der Waals surface area contributed by atoms with Crippen LogP contribution in [0.3, 0.4) is 0 Å². The fourth-order valence-electron chi connectivity index (χ4n) is 3.50. The normalized spacial score (nSPS) is 14.4. The maximum absolute atomic E-state index is 13.2. The van der Waals surface area contributed by atoms with Crippen LogP contribution < -0.4 is 5.32 Å². The highest BCUT2D eigenvalue weighted by molar-refractivity contribution is 7.89. The van der Waals surface area contributed by atoms with E-state index in [1.54, 1.807) is 29.1 Å². The van der Waals surface area contributed by atoms with Crippen molar-refractivity contribution in [3.05, 3.63) is 77.5 Å². The van der Waals surface area contributed by atoms with E-state index in [1.165, 1.54) is 22.0 Å². The second-order valence-electron chi connectivity index (χ2n) is 6.87. The van der Waals surface area contributed by atoms with Crippen molar-refractivity contribution in [3.63, 3.8) is 0 Å². The van der Waals surface area contributed by atoms with Crippen LogP contribution in [0.4, 0.5) is 5.82 Å². The Bertz CT molecular complexity index is 1150. The Morgan fingerprint density at radius 1 is 1.10 bits per heavy atom. The molecule has 1 amide bonds. The van der Waals surface area contributed by atoms with Crippen molar-refractivity contribution >= 4 is 21.7 Å². The zero-order valence-corrected chi connectivity index (χ0v) is 16.9. The third-order valence-corrected chi connectivity index (χ3v) is 6.93. The zero-order chi connectivity index (χ0) is 20.4. The number of nitrogens with zero attached hydrogens (tertiary/aromatic N) is 3. The van der Waals surface area contributed by atoms with E-state index in [0.717, 1.165) is 5.56 Å². The highest BCUT2D eigenvalue weighted by Crippen LogP contribution is 2.25. The number of sulfonamides is 1. The van der Waals surface area contributed by atoms with Crippen LogP contribution in [0, 0.1) is 0 Å². The number of hydrogen-bond acceptors (Lipinski definition) is 4. The summed E-state index contributed by atoms with van der Waals surface area (Å²) in [5.74, 6) is 0.194. The SMILES string of the molecule is CCn1nccc1NC(=O)c1cccc(S(=O)(=O)N2CCc3ccccc3C2)c1. The first kappa shape index (κ1) is 19.4. The first-order valence-corrected chi connectivity index (χ1v) is 10.9. The molecule has 150 valence electrons. The molecule has 0 atom stereocenters. The first-order valence-electron chi connectivity index (χ1n) is 9.49. The first-order chi connectivity index (χ1) is 14.0. The summed E-state index contributed by atoms with van der Waals surface area (Å²) in [6.45, 7) is 3.30. The van der Waals surface area contributed by atoms with Gasteiger partial charge in [-0.1, -0.05) is 30.3 Å². The van der Waals surface area contributed by atoms with Gasteiger partial charge in [0, 0.05) is 31.3 Å². The van der Waals surface area contributed by atoms with Crippen molar-refractivity contribution in [1.82, 2.24) is 14.1 Å². The standard InChI is InChI=1S/C21H22N4O3S/c1-2-25-20(10-12-22-25)23-21(26)17-8-5-9-19(14-17)29(27,28)24-13-11-16-6-3-4-7-18(16)15-24/h3-10,12,14H,2,11,13,15H2,1H3,(H,23,26). The molecule has 0 radical (unpaired) electrons. The summed E-state index contributed by atoms with van der Waals surface area (Å²) in [6, 6.07) is 15.7. The van der Waals surface area contributed by atoms with Gasteiger partial charge in [0.15, 0.2) is 0 Å². The number of anilines is 1. The molecular weight excluding hydrogens is 388 g/mol. The summed E-state index contributed by atoms with van der Waals surface area (Å²) in [4.78, 5) is 12.8. The smallest absolute Gasteiger partial charge is 0.256 e. The molecule has 0 saturated carbocycles. The number of carbonyl (C=O) groups is 1. The van der Waals surface area contributed by atoms with E-state index >= 15 is 0 Å². The van der Waals surface area contributed by atoms with Gasteiger partial charge in [-0.3, -0.25) is 4.79 Å². The lowest BCUT2D eigenvalue weighted by molar-refractivity contribution is 0.102. The second kappa shape index (κ2) is 7.81. The lowest BCUT2D eigenvalue weighted by Crippen LogP contribution is -2.36. The minimum Gasteiger partial charge on any atom is -0.307 e. The van der Waals surface area contributed by atoms with E-state index < -0.39 is 10.0 Å². The van der Waals surface area contributed by atoms with E-state index in [4.69, 9.17) is 0 Å². The molecule has 0 unspecified atom stereocenters. The minimum absolute atomic E-state index is 0.119. The van der Waals surface area contributed by atoms with Gasteiger partial charge in [0.1, 0.15) is 5.82 Å². The molecular formula is C21H22N4O3S. The average Bonchev–Trinajstić information content (AvgIpc) is 3.20. The topological polar surface area (TPSA) is 84.3 Å². The molecule has 8 heteroatoms. The lowest BCUT2D eigenvalue weighted by Gasteiger charge is -2.28. The van der Waals surface area contributed by atoms with Crippen LogP contribution in [-0.4, -0.2) is 35.0 Å². The number of aryl methyl sites for hydroxylation is 1. The number of rotatable bonds is 5. The monoisotopic (exact) mass is 410 g/mol. The molecule has 2 heterocycles. The third-order valence-electron chi connectivity index (χ3n) is 5.09. The third kappa shape index (κ3) is 3.81. The molecule has 2 aromatic carbocycles. The van der Waals surface area contributed by atoms with Gasteiger partial charge in [-0.15, -0.1) is 0 Å². The van der Waals surface area contributed by atoms with Gasteiger partial charge in [-0.05, 0) is 42.7 Å². The van der Waals surface area contributed by atoms with Crippen molar-refractivity contribution in [2.75, 3.05) is 11.9 Å². The number of aromatic nitrogens is 2. The second-order valence-corrected chi connectivity index (χ2v) is 8.81. The van der Waals surface area contributed by atoms with Crippen LogP contribution in [0.25, 0.3) is 0 Å². The van der Waals surface area contributed by atoms with Crippen LogP contribution in [0.1, 0.15) is 28.4 Å². The molecule has 29 heavy (non-hydrogen) atoms. The van der Waals surface area contributed by atoms with Crippen LogP contribution in [0.2, 0.25) is 0 Å². The van der Waals surface area contributed by atoms with Gasteiger partial charge in [-0.25, -0.2) is 13.1 Å². The molecule has 1 aliphatic rings. The lowest BCUT2D eigenvalue weighted by atomic mass is 10.0. The summed E-state index contributed by atoms with van der Waals surface area (Å²) < 4.78 is 29.5. The Kier molecular flexibility index (Phi) is 5.21. The number of hydrogen-bond donors (Lipinski definition) is 1. The van der Waals surface area contributed by atoms with Crippen molar-refractivity contribution < 1.29 is 13.2 Å². The predicted octanol–water partition coefficient (Wildman–Crippen LogP) is 2.90. The number of amides is 1. The highest BCUT2D eigenvalue weighted by Gasteiger charge is 2.28. The van der Waals surface area contributed by atoms with Crippen molar-refractivity contribution in [2.24, 2.45) is 0 Å². The molecule has 3 aromatic rings. The quantitative estimate of drug-likeness (QED) is 0.701. The number of benzene rings is 2. The average molecular weight is 410 g/mol. The Morgan fingerprint density at radius 2 is 1.90 bits per heavy atom. The predicted molar refractivity (Wildman–Crippen MR) is 110 cm³/mol. The summed E-state index contributed by atoms with van der Waals surface area (Å²) in [5, 5.41) is 6.90. The van der Waals surface area contributed by atoms with Gasteiger partial charge in [-0.2, -0.15) is 9.40 Å². The molecule has 4 rings (SSSR count). The maximum atomic E-state index is 13.2. The fourth-order valence-corrected chi connectivity index (χ4v) is 4.97. The van der Waals surface area contributed by atoms with E-state index in [-0.39, 0.29) is 16.4 Å². The van der Waals surface area contributed by atoms with Crippen LogP contribution in [0.15, 0.2) is 65.7 Å². The molecule has 0 bridgehead atoms. The Balaban J connectivity index is 1.57. The maximum Gasteiger partial charge on any atom is 0.256 e. The molecule has 0 aliphatic carbocycles. The molecule has 1 N–H and O–H groups in total. The molecule has 0 fully saturated rings. The van der Waals surface area contributed by atoms with Crippen molar-refractivity contribution in [1.29, 1.82) is 0 Å². The Morgan fingerprint density at radius 3 is 2.69 bits per heavy atom. The fraction of sp³-hybridized carbons (Fsp3) is 0.238. The number of nitrogens with one attached hydrogen (secondary N) is 1. The molecule has 1 aromatic heterocycles. The van der Waals surface area contributed by atoms with Gasteiger partial charge < -0.3 is 5.32 Å². The van der Waals surface area contributed by atoms with Crippen molar-refractivity contribution in [2.45, 2.75) is 31.3 Å². The molecule has 0 saturated heterocycles.